The van der Waals surface area contributed by atoms with Crippen LogP contribution in [0.25, 0.3) is 11.5 Å². The number of methoxy groups -OCH3 is 2. The van der Waals surface area contributed by atoms with Gasteiger partial charge in [0.1, 0.15) is 0 Å². The highest BCUT2D eigenvalue weighted by Crippen LogP contribution is 2.27. The highest BCUT2D eigenvalue weighted by Gasteiger charge is 2.13. The zero-order valence-corrected chi connectivity index (χ0v) is 16.9. The number of aromatic nitrogens is 2. The average molecular weight is 410 g/mol. The molecule has 3 aromatic rings. The normalized spacial score (nSPS) is 10.4. The summed E-state index contributed by atoms with van der Waals surface area (Å²) in [5.74, 6) is 0.779. The van der Waals surface area contributed by atoms with Gasteiger partial charge in [-0.2, -0.15) is 0 Å². The summed E-state index contributed by atoms with van der Waals surface area (Å²) in [6.45, 7) is 1.99. The maximum absolute atomic E-state index is 12.2. The van der Waals surface area contributed by atoms with Crippen LogP contribution in [-0.4, -0.2) is 36.2 Å². The fourth-order valence-corrected chi connectivity index (χ4v) is 2.63. The van der Waals surface area contributed by atoms with Gasteiger partial charge in [0.2, 0.25) is 17.7 Å². The van der Waals surface area contributed by atoms with Crippen molar-refractivity contribution in [3.05, 3.63) is 59.5 Å². The van der Waals surface area contributed by atoms with Crippen molar-refractivity contribution in [2.45, 2.75) is 19.8 Å². The van der Waals surface area contributed by atoms with E-state index >= 15 is 0 Å². The van der Waals surface area contributed by atoms with Crippen molar-refractivity contribution in [1.82, 2.24) is 21.0 Å². The minimum Gasteiger partial charge on any atom is -0.493 e. The van der Waals surface area contributed by atoms with Crippen molar-refractivity contribution in [3.8, 4) is 23.0 Å². The monoisotopic (exact) mass is 410 g/mol. The molecule has 0 fully saturated rings. The van der Waals surface area contributed by atoms with E-state index in [4.69, 9.17) is 13.9 Å². The molecule has 0 unspecified atom stereocenters. The van der Waals surface area contributed by atoms with Gasteiger partial charge in [-0.3, -0.25) is 20.4 Å². The van der Waals surface area contributed by atoms with Gasteiger partial charge in [0, 0.05) is 24.0 Å². The molecule has 0 aliphatic heterocycles. The Bertz CT molecular complexity index is 1030. The Labute approximate surface area is 173 Å². The van der Waals surface area contributed by atoms with Gasteiger partial charge in [-0.1, -0.05) is 17.7 Å². The van der Waals surface area contributed by atoms with Crippen molar-refractivity contribution < 1.29 is 23.5 Å². The molecule has 1 aromatic heterocycles. The molecule has 2 amide bonds. The summed E-state index contributed by atoms with van der Waals surface area (Å²) in [6.07, 6.45) is 0.318. The molecule has 9 heteroatoms. The first-order valence-electron chi connectivity index (χ1n) is 9.20. The molecule has 0 atom stereocenters. The number of aryl methyl sites for hydroxylation is 2. The number of carbonyl (C=O) groups excluding carboxylic acids is 2. The number of hydrogen-bond acceptors (Lipinski definition) is 7. The highest BCUT2D eigenvalue weighted by atomic mass is 16.5. The lowest BCUT2D eigenvalue weighted by Crippen LogP contribution is -2.41. The van der Waals surface area contributed by atoms with Crippen molar-refractivity contribution in [3.63, 3.8) is 0 Å². The van der Waals surface area contributed by atoms with Gasteiger partial charge >= 0.3 is 0 Å². The molecule has 2 aromatic carbocycles. The van der Waals surface area contributed by atoms with E-state index in [0.717, 1.165) is 11.1 Å². The molecule has 0 radical (unpaired) electrons. The number of hydrogen-bond donors (Lipinski definition) is 2. The summed E-state index contributed by atoms with van der Waals surface area (Å²) in [5, 5.41) is 7.95. The topological polar surface area (TPSA) is 116 Å². The van der Waals surface area contributed by atoms with Gasteiger partial charge in [0.25, 0.3) is 5.91 Å². The van der Waals surface area contributed by atoms with Crippen molar-refractivity contribution in [2.75, 3.05) is 14.2 Å². The molecule has 0 saturated heterocycles. The smallest absolute Gasteiger partial charge is 0.269 e. The van der Waals surface area contributed by atoms with Crippen molar-refractivity contribution in [1.29, 1.82) is 0 Å². The van der Waals surface area contributed by atoms with Gasteiger partial charge in [-0.25, -0.2) is 0 Å². The second kappa shape index (κ2) is 9.55. The van der Waals surface area contributed by atoms with E-state index in [-0.39, 0.29) is 18.7 Å². The molecule has 0 spiro atoms. The third kappa shape index (κ3) is 5.13. The number of ether oxygens (including phenoxy) is 2. The number of hydrazine groups is 1. The maximum atomic E-state index is 12.2. The quantitative estimate of drug-likeness (QED) is 0.575. The third-order valence-corrected chi connectivity index (χ3v) is 4.29. The molecule has 3 rings (SSSR count). The van der Waals surface area contributed by atoms with Gasteiger partial charge in [0.05, 0.1) is 14.2 Å². The van der Waals surface area contributed by atoms with E-state index in [0.29, 0.717) is 28.8 Å². The first kappa shape index (κ1) is 20.8. The lowest BCUT2D eigenvalue weighted by Gasteiger charge is -2.10. The SMILES string of the molecule is COc1ccc(C(=O)NNC(=O)CCc2nnc(-c3ccc(C)cc3)o2)cc1OC. The lowest BCUT2D eigenvalue weighted by atomic mass is 10.1. The van der Waals surface area contributed by atoms with E-state index in [9.17, 15) is 9.59 Å². The number of amides is 2. The Balaban J connectivity index is 1.49. The van der Waals surface area contributed by atoms with Gasteiger partial charge < -0.3 is 13.9 Å². The zero-order valence-electron chi connectivity index (χ0n) is 16.9. The highest BCUT2D eigenvalue weighted by molar-refractivity contribution is 5.96. The van der Waals surface area contributed by atoms with Gasteiger partial charge in [-0.15, -0.1) is 10.2 Å². The van der Waals surface area contributed by atoms with Crippen molar-refractivity contribution >= 4 is 11.8 Å². The Morgan fingerprint density at radius 1 is 0.967 bits per heavy atom. The molecule has 0 saturated carbocycles. The number of rotatable bonds is 7. The van der Waals surface area contributed by atoms with Crippen LogP contribution in [0, 0.1) is 6.92 Å². The van der Waals surface area contributed by atoms with Crippen LogP contribution in [0.3, 0.4) is 0 Å². The predicted octanol–water partition coefficient (Wildman–Crippen LogP) is 2.46. The second-order valence-corrected chi connectivity index (χ2v) is 6.44. The van der Waals surface area contributed by atoms with E-state index in [2.05, 4.69) is 21.0 Å². The molecule has 2 N–H and O–H groups in total. The summed E-state index contributed by atoms with van der Waals surface area (Å²) in [6, 6.07) is 12.4. The molecular formula is C21H22N4O5. The van der Waals surface area contributed by atoms with Crippen LogP contribution < -0.4 is 20.3 Å². The largest absolute Gasteiger partial charge is 0.493 e. The van der Waals surface area contributed by atoms with Gasteiger partial charge in [0.15, 0.2) is 11.5 Å². The average Bonchev–Trinajstić information content (AvgIpc) is 3.25. The zero-order chi connectivity index (χ0) is 21.5. The summed E-state index contributed by atoms with van der Waals surface area (Å²) < 4.78 is 15.9. The fraction of sp³-hybridized carbons (Fsp3) is 0.238. The van der Waals surface area contributed by atoms with E-state index in [1.165, 1.54) is 20.3 Å². The first-order chi connectivity index (χ1) is 14.5. The Hall–Kier alpha value is -3.88. The number of benzene rings is 2. The van der Waals surface area contributed by atoms with Crippen LogP contribution >= 0.6 is 0 Å². The van der Waals surface area contributed by atoms with Crippen molar-refractivity contribution in [2.24, 2.45) is 0 Å². The van der Waals surface area contributed by atoms with Crippen LogP contribution in [0.1, 0.15) is 28.2 Å². The summed E-state index contributed by atoms with van der Waals surface area (Å²) >= 11 is 0. The summed E-state index contributed by atoms with van der Waals surface area (Å²) in [4.78, 5) is 24.2. The summed E-state index contributed by atoms with van der Waals surface area (Å²) in [5.41, 5.74) is 6.97. The van der Waals surface area contributed by atoms with Crippen LogP contribution in [0.2, 0.25) is 0 Å². The summed E-state index contributed by atoms with van der Waals surface area (Å²) in [7, 11) is 2.98. The number of carbonyl (C=O) groups is 2. The standard InChI is InChI=1S/C21H22N4O5/c1-13-4-6-14(7-5-13)21-25-23-19(30-21)11-10-18(26)22-24-20(27)15-8-9-16(28-2)17(12-15)29-3/h4-9,12H,10-11H2,1-3H3,(H,22,26)(H,24,27). The molecule has 0 aliphatic carbocycles. The minimum atomic E-state index is -0.483. The Kier molecular flexibility index (Phi) is 6.63. The van der Waals surface area contributed by atoms with E-state index in [1.807, 2.05) is 31.2 Å². The van der Waals surface area contributed by atoms with Crippen LogP contribution in [0.4, 0.5) is 0 Å². The molecule has 0 bridgehead atoms. The molecule has 156 valence electrons. The van der Waals surface area contributed by atoms with Gasteiger partial charge in [-0.05, 0) is 37.3 Å². The molecular weight excluding hydrogens is 388 g/mol. The molecule has 30 heavy (non-hydrogen) atoms. The molecule has 1 heterocycles. The predicted molar refractivity (Wildman–Crippen MR) is 108 cm³/mol. The number of nitrogens with zero attached hydrogens (tertiary/aromatic N) is 2. The van der Waals surface area contributed by atoms with Crippen LogP contribution in [0.5, 0.6) is 11.5 Å². The Morgan fingerprint density at radius 3 is 2.40 bits per heavy atom. The van der Waals surface area contributed by atoms with Crippen LogP contribution in [-0.2, 0) is 11.2 Å². The van der Waals surface area contributed by atoms with E-state index < -0.39 is 5.91 Å². The minimum absolute atomic E-state index is 0.0712. The lowest BCUT2D eigenvalue weighted by molar-refractivity contribution is -0.121. The number of nitrogens with one attached hydrogen (secondary N) is 2. The third-order valence-electron chi connectivity index (χ3n) is 4.29. The molecule has 9 nitrogen and oxygen atoms in total. The van der Waals surface area contributed by atoms with E-state index in [1.54, 1.807) is 12.1 Å². The van der Waals surface area contributed by atoms with Crippen LogP contribution in [0.15, 0.2) is 46.9 Å². The maximum Gasteiger partial charge on any atom is 0.269 e. The second-order valence-electron chi connectivity index (χ2n) is 6.44. The first-order valence-corrected chi connectivity index (χ1v) is 9.20. The Morgan fingerprint density at radius 2 is 1.70 bits per heavy atom. The molecule has 0 aliphatic rings. The fourth-order valence-electron chi connectivity index (χ4n) is 2.63.